The molecular formula is C22H34O3. The Kier molecular flexibility index (Phi) is 7.28. The molecule has 0 aliphatic heterocycles. The third kappa shape index (κ3) is 5.35. The first-order valence-corrected chi connectivity index (χ1v) is 9.31. The van der Waals surface area contributed by atoms with Gasteiger partial charge in [0.05, 0.1) is 0 Å². The van der Waals surface area contributed by atoms with E-state index < -0.39 is 5.97 Å². The van der Waals surface area contributed by atoms with E-state index in [-0.39, 0.29) is 10.8 Å². The van der Waals surface area contributed by atoms with Gasteiger partial charge in [-0.2, -0.15) is 0 Å². The van der Waals surface area contributed by atoms with Crippen molar-refractivity contribution in [3.05, 3.63) is 35.4 Å². The Hall–Kier alpha value is -1.77. The third-order valence-corrected chi connectivity index (χ3v) is 4.81. The van der Waals surface area contributed by atoms with Crippen molar-refractivity contribution in [1.82, 2.24) is 0 Å². The van der Waals surface area contributed by atoms with Crippen molar-refractivity contribution < 1.29 is 14.6 Å². The molecule has 0 fully saturated rings. The Morgan fingerprint density at radius 3 is 1.84 bits per heavy atom. The molecule has 0 aromatic heterocycles. The Bertz CT molecular complexity index is 585. The van der Waals surface area contributed by atoms with Crippen LogP contribution in [0.2, 0.25) is 0 Å². The molecule has 0 aliphatic rings. The van der Waals surface area contributed by atoms with Gasteiger partial charge in [0.1, 0.15) is 11.5 Å². The molecule has 0 unspecified atom stereocenters. The maximum absolute atomic E-state index is 11.9. The molecule has 0 atom stereocenters. The zero-order valence-electron chi connectivity index (χ0n) is 16.9. The van der Waals surface area contributed by atoms with Gasteiger partial charge < -0.3 is 9.84 Å². The lowest BCUT2D eigenvalue weighted by Gasteiger charge is -2.32. The highest BCUT2D eigenvalue weighted by molar-refractivity contribution is 5.84. The SMILES string of the molecule is CC=CC(=O)Oc1cc(C(C)(C)CCC)c(O)c(C(C)(C)CCC)c1. The average Bonchev–Trinajstić information content (AvgIpc) is 2.48. The van der Waals surface area contributed by atoms with Crippen LogP contribution in [-0.2, 0) is 15.6 Å². The fraction of sp³-hybridized carbons (Fsp3) is 0.591. The number of carbonyl (C=O) groups is 1. The monoisotopic (exact) mass is 346 g/mol. The predicted octanol–water partition coefficient (Wildman–Crippen LogP) is 6.03. The van der Waals surface area contributed by atoms with Crippen molar-refractivity contribution in [3.63, 3.8) is 0 Å². The molecule has 140 valence electrons. The third-order valence-electron chi connectivity index (χ3n) is 4.81. The van der Waals surface area contributed by atoms with E-state index in [1.807, 2.05) is 12.1 Å². The second kappa shape index (κ2) is 8.55. The summed E-state index contributed by atoms with van der Waals surface area (Å²) >= 11 is 0. The van der Waals surface area contributed by atoms with Gasteiger partial charge in [0, 0.05) is 17.2 Å². The van der Waals surface area contributed by atoms with Crippen LogP contribution in [0.15, 0.2) is 24.3 Å². The van der Waals surface area contributed by atoms with E-state index in [0.29, 0.717) is 11.5 Å². The summed E-state index contributed by atoms with van der Waals surface area (Å²) < 4.78 is 5.50. The highest BCUT2D eigenvalue weighted by Gasteiger charge is 2.31. The summed E-state index contributed by atoms with van der Waals surface area (Å²) in [5, 5.41) is 11.0. The van der Waals surface area contributed by atoms with Crippen LogP contribution in [0.4, 0.5) is 0 Å². The summed E-state index contributed by atoms with van der Waals surface area (Å²) in [5.41, 5.74) is 1.30. The first kappa shape index (κ1) is 21.3. The second-order valence-corrected chi connectivity index (χ2v) is 8.06. The van der Waals surface area contributed by atoms with Crippen molar-refractivity contribution in [2.45, 2.75) is 85.0 Å². The van der Waals surface area contributed by atoms with Gasteiger partial charge in [-0.3, -0.25) is 0 Å². The van der Waals surface area contributed by atoms with Gasteiger partial charge in [-0.1, -0.05) is 60.5 Å². The summed E-state index contributed by atoms with van der Waals surface area (Å²) in [6, 6.07) is 3.63. The van der Waals surface area contributed by atoms with Gasteiger partial charge in [0.2, 0.25) is 0 Å². The minimum Gasteiger partial charge on any atom is -0.507 e. The molecule has 3 heteroatoms. The first-order chi connectivity index (χ1) is 11.6. The predicted molar refractivity (Wildman–Crippen MR) is 104 cm³/mol. The number of phenols is 1. The molecule has 3 nitrogen and oxygen atoms in total. The minimum absolute atomic E-state index is 0.196. The van der Waals surface area contributed by atoms with Crippen molar-refractivity contribution in [1.29, 1.82) is 0 Å². The van der Waals surface area contributed by atoms with Gasteiger partial charge >= 0.3 is 5.97 Å². The van der Waals surface area contributed by atoms with Crippen LogP contribution in [0.5, 0.6) is 11.5 Å². The van der Waals surface area contributed by atoms with Gasteiger partial charge in [0.25, 0.3) is 0 Å². The molecule has 1 N–H and O–H groups in total. The smallest absolute Gasteiger partial charge is 0.335 e. The number of carbonyl (C=O) groups excluding carboxylic acids is 1. The summed E-state index contributed by atoms with van der Waals surface area (Å²) in [5.74, 6) is 0.439. The molecule has 25 heavy (non-hydrogen) atoms. The Balaban J connectivity index is 3.53. The van der Waals surface area contributed by atoms with Crippen LogP contribution in [0, 0.1) is 0 Å². The van der Waals surface area contributed by atoms with Crippen LogP contribution in [0.25, 0.3) is 0 Å². The van der Waals surface area contributed by atoms with Crippen LogP contribution >= 0.6 is 0 Å². The summed E-state index contributed by atoms with van der Waals surface area (Å²) in [6.07, 6.45) is 6.99. The Labute approximate surface area is 153 Å². The Morgan fingerprint density at radius 1 is 1.04 bits per heavy atom. The Morgan fingerprint density at radius 2 is 1.48 bits per heavy atom. The van der Waals surface area contributed by atoms with E-state index in [2.05, 4.69) is 41.5 Å². The van der Waals surface area contributed by atoms with E-state index in [4.69, 9.17) is 4.74 Å². The van der Waals surface area contributed by atoms with Crippen LogP contribution in [0.3, 0.4) is 0 Å². The zero-order valence-corrected chi connectivity index (χ0v) is 16.9. The largest absolute Gasteiger partial charge is 0.507 e. The van der Waals surface area contributed by atoms with E-state index in [0.717, 1.165) is 36.8 Å². The van der Waals surface area contributed by atoms with Crippen LogP contribution < -0.4 is 4.74 Å². The van der Waals surface area contributed by atoms with Crippen LogP contribution in [0.1, 0.15) is 85.3 Å². The number of hydrogen-bond acceptors (Lipinski definition) is 3. The first-order valence-electron chi connectivity index (χ1n) is 9.31. The lowest BCUT2D eigenvalue weighted by Crippen LogP contribution is -2.22. The standard InChI is InChI=1S/C22H34O3/c1-8-11-19(23)25-16-14-17(21(4,5)12-9-2)20(24)18(15-16)22(6,7)13-10-3/h8,11,14-15,24H,9-10,12-13H2,1-7H3. The molecule has 0 amide bonds. The molecule has 1 aromatic rings. The quantitative estimate of drug-likeness (QED) is 0.355. The number of ether oxygens (including phenoxy) is 1. The van der Waals surface area contributed by atoms with E-state index in [1.54, 1.807) is 13.0 Å². The highest BCUT2D eigenvalue weighted by Crippen LogP contribution is 2.44. The number of benzene rings is 1. The number of rotatable bonds is 8. The molecule has 0 heterocycles. The normalized spacial score (nSPS) is 12.6. The molecule has 1 aromatic carbocycles. The van der Waals surface area contributed by atoms with Crippen molar-refractivity contribution in [3.8, 4) is 11.5 Å². The average molecular weight is 347 g/mol. The number of aromatic hydroxyl groups is 1. The van der Waals surface area contributed by atoms with Gasteiger partial charge in [-0.15, -0.1) is 0 Å². The zero-order chi connectivity index (χ0) is 19.3. The lowest BCUT2D eigenvalue weighted by molar-refractivity contribution is -0.129. The maximum Gasteiger partial charge on any atom is 0.335 e. The highest BCUT2D eigenvalue weighted by atomic mass is 16.5. The van der Waals surface area contributed by atoms with Crippen LogP contribution in [-0.4, -0.2) is 11.1 Å². The summed E-state index contributed by atoms with van der Waals surface area (Å²) in [4.78, 5) is 11.9. The van der Waals surface area contributed by atoms with Gasteiger partial charge in [-0.25, -0.2) is 4.79 Å². The van der Waals surface area contributed by atoms with E-state index >= 15 is 0 Å². The molecule has 0 bridgehead atoms. The molecule has 0 saturated heterocycles. The molecule has 0 radical (unpaired) electrons. The number of esters is 1. The maximum atomic E-state index is 11.9. The summed E-state index contributed by atoms with van der Waals surface area (Å²) in [7, 11) is 0. The second-order valence-electron chi connectivity index (χ2n) is 8.06. The fourth-order valence-electron chi connectivity index (χ4n) is 3.50. The summed E-state index contributed by atoms with van der Waals surface area (Å²) in [6.45, 7) is 14.6. The lowest BCUT2D eigenvalue weighted by atomic mass is 9.74. The number of phenolic OH excluding ortho intramolecular Hbond substituents is 1. The molecular weight excluding hydrogens is 312 g/mol. The number of hydrogen-bond donors (Lipinski definition) is 1. The van der Waals surface area contributed by atoms with E-state index in [9.17, 15) is 9.90 Å². The molecule has 0 spiro atoms. The van der Waals surface area contributed by atoms with Gasteiger partial charge in [0.15, 0.2) is 0 Å². The minimum atomic E-state index is -0.397. The topological polar surface area (TPSA) is 46.5 Å². The van der Waals surface area contributed by atoms with Crippen molar-refractivity contribution >= 4 is 5.97 Å². The molecule has 0 aliphatic carbocycles. The van der Waals surface area contributed by atoms with Crippen molar-refractivity contribution in [2.24, 2.45) is 0 Å². The van der Waals surface area contributed by atoms with E-state index in [1.165, 1.54) is 6.08 Å². The van der Waals surface area contributed by atoms with Crippen molar-refractivity contribution in [2.75, 3.05) is 0 Å². The molecule has 0 saturated carbocycles. The fourth-order valence-corrected chi connectivity index (χ4v) is 3.50. The molecule has 1 rings (SSSR count). The number of allylic oxidation sites excluding steroid dienone is 1. The van der Waals surface area contributed by atoms with Gasteiger partial charge in [-0.05, 0) is 42.7 Å².